The standard InChI is InChI=1S/C39H26N2S/c1-3-9-27(10-4-1)29-15-20-32(21-16-29)41(33-22-17-30(18-23-33)28-11-5-2-6-12-28)37-26-40-25-36-35-24-19-31-13-7-8-14-34(31)38(35)42-39(36)37/h1-26H. The third-order valence-corrected chi connectivity index (χ3v) is 9.23. The third kappa shape index (κ3) is 4.23. The Morgan fingerprint density at radius 1 is 0.405 bits per heavy atom. The minimum Gasteiger partial charge on any atom is -0.308 e. The van der Waals surface area contributed by atoms with Crippen LogP contribution in [0.5, 0.6) is 0 Å². The highest BCUT2D eigenvalue weighted by molar-refractivity contribution is 7.27. The van der Waals surface area contributed by atoms with Crippen LogP contribution in [0.4, 0.5) is 17.1 Å². The van der Waals surface area contributed by atoms with Gasteiger partial charge < -0.3 is 4.90 Å². The van der Waals surface area contributed by atoms with Gasteiger partial charge >= 0.3 is 0 Å². The Morgan fingerprint density at radius 2 is 0.952 bits per heavy atom. The van der Waals surface area contributed by atoms with Crippen molar-refractivity contribution in [1.29, 1.82) is 0 Å². The van der Waals surface area contributed by atoms with Gasteiger partial charge in [-0.3, -0.25) is 4.98 Å². The van der Waals surface area contributed by atoms with Crippen molar-refractivity contribution < 1.29 is 0 Å². The molecule has 0 bridgehead atoms. The highest BCUT2D eigenvalue weighted by atomic mass is 32.1. The molecule has 0 N–H and O–H groups in total. The molecule has 8 rings (SSSR count). The van der Waals surface area contributed by atoms with E-state index in [2.05, 4.69) is 150 Å². The van der Waals surface area contributed by atoms with Gasteiger partial charge in [-0.15, -0.1) is 11.3 Å². The van der Waals surface area contributed by atoms with Crippen LogP contribution in [-0.4, -0.2) is 4.98 Å². The lowest BCUT2D eigenvalue weighted by Gasteiger charge is -2.26. The molecule has 0 aliphatic heterocycles. The maximum atomic E-state index is 4.78. The molecule has 198 valence electrons. The van der Waals surface area contributed by atoms with Crippen molar-refractivity contribution in [2.24, 2.45) is 0 Å². The summed E-state index contributed by atoms with van der Waals surface area (Å²) in [6.07, 6.45) is 4.03. The third-order valence-electron chi connectivity index (χ3n) is 7.96. The van der Waals surface area contributed by atoms with Gasteiger partial charge in [0.25, 0.3) is 0 Å². The SMILES string of the molecule is c1ccc(-c2ccc(N(c3ccc(-c4ccccc4)cc3)c3cncc4c3sc3c5ccccc5ccc43)cc2)cc1. The highest BCUT2D eigenvalue weighted by Gasteiger charge is 2.19. The van der Waals surface area contributed by atoms with E-state index in [0.717, 1.165) is 17.1 Å². The van der Waals surface area contributed by atoms with Gasteiger partial charge in [-0.05, 0) is 57.3 Å². The van der Waals surface area contributed by atoms with Gasteiger partial charge in [-0.2, -0.15) is 0 Å². The first kappa shape index (κ1) is 24.5. The van der Waals surface area contributed by atoms with Gasteiger partial charge in [0.2, 0.25) is 0 Å². The summed E-state index contributed by atoms with van der Waals surface area (Å²) >= 11 is 1.85. The summed E-state index contributed by atoms with van der Waals surface area (Å²) in [6, 6.07) is 51.9. The molecule has 0 aliphatic carbocycles. The molecule has 2 heterocycles. The van der Waals surface area contributed by atoms with E-state index in [9.17, 15) is 0 Å². The molecular weight excluding hydrogens is 529 g/mol. The zero-order valence-electron chi connectivity index (χ0n) is 22.8. The number of fused-ring (bicyclic) bond motifs is 5. The number of thiophene rings is 1. The normalized spacial score (nSPS) is 11.3. The van der Waals surface area contributed by atoms with Crippen LogP contribution < -0.4 is 4.90 Å². The second-order valence-electron chi connectivity index (χ2n) is 10.5. The van der Waals surface area contributed by atoms with Crippen molar-refractivity contribution >= 4 is 59.3 Å². The Labute approximate surface area is 248 Å². The predicted molar refractivity (Wildman–Crippen MR) is 180 cm³/mol. The molecule has 0 radical (unpaired) electrons. The molecule has 2 nitrogen and oxygen atoms in total. The Bertz CT molecular complexity index is 2080. The van der Waals surface area contributed by atoms with Crippen molar-refractivity contribution in [3.05, 3.63) is 158 Å². The fourth-order valence-corrected chi connectivity index (χ4v) is 7.17. The lowest BCUT2D eigenvalue weighted by molar-refractivity contribution is 1.26. The summed E-state index contributed by atoms with van der Waals surface area (Å²) in [7, 11) is 0. The number of nitrogens with zero attached hydrogens (tertiary/aromatic N) is 2. The van der Waals surface area contributed by atoms with Crippen LogP contribution in [0.25, 0.3) is 53.2 Å². The number of hydrogen-bond donors (Lipinski definition) is 0. The second-order valence-corrected chi connectivity index (χ2v) is 11.5. The number of aromatic nitrogens is 1. The summed E-state index contributed by atoms with van der Waals surface area (Å²) in [5.41, 5.74) is 8.09. The number of hydrogen-bond acceptors (Lipinski definition) is 3. The maximum Gasteiger partial charge on any atom is 0.0824 e. The Morgan fingerprint density at radius 3 is 1.57 bits per heavy atom. The van der Waals surface area contributed by atoms with Crippen molar-refractivity contribution in [3.63, 3.8) is 0 Å². The monoisotopic (exact) mass is 554 g/mol. The Balaban J connectivity index is 1.32. The van der Waals surface area contributed by atoms with Gasteiger partial charge in [0.15, 0.2) is 0 Å². The van der Waals surface area contributed by atoms with Crippen LogP contribution in [0.1, 0.15) is 0 Å². The van der Waals surface area contributed by atoms with E-state index in [0.29, 0.717) is 0 Å². The van der Waals surface area contributed by atoms with Gasteiger partial charge in [0.05, 0.1) is 16.6 Å². The molecule has 0 amide bonds. The highest BCUT2D eigenvalue weighted by Crippen LogP contribution is 2.46. The van der Waals surface area contributed by atoms with Crippen molar-refractivity contribution in [3.8, 4) is 22.3 Å². The number of rotatable bonds is 5. The van der Waals surface area contributed by atoms with Gasteiger partial charge in [0, 0.05) is 33.0 Å². The first-order valence-corrected chi connectivity index (χ1v) is 14.9. The summed E-state index contributed by atoms with van der Waals surface area (Å²) in [5.74, 6) is 0. The van der Waals surface area contributed by atoms with Crippen LogP contribution in [0.3, 0.4) is 0 Å². The lowest BCUT2D eigenvalue weighted by atomic mass is 10.0. The number of benzene rings is 6. The van der Waals surface area contributed by atoms with Crippen molar-refractivity contribution in [1.82, 2.24) is 4.98 Å². The van der Waals surface area contributed by atoms with Crippen molar-refractivity contribution in [2.75, 3.05) is 4.90 Å². The van der Waals surface area contributed by atoms with Gasteiger partial charge in [0.1, 0.15) is 0 Å². The summed E-state index contributed by atoms with van der Waals surface area (Å²) in [5, 5.41) is 4.98. The Kier molecular flexibility index (Phi) is 6.02. The van der Waals surface area contributed by atoms with Crippen molar-refractivity contribution in [2.45, 2.75) is 0 Å². The molecule has 0 unspecified atom stereocenters. The van der Waals surface area contributed by atoms with Crippen LogP contribution in [-0.2, 0) is 0 Å². The predicted octanol–water partition coefficient (Wildman–Crippen LogP) is 11.4. The summed E-state index contributed by atoms with van der Waals surface area (Å²) < 4.78 is 2.53. The molecule has 42 heavy (non-hydrogen) atoms. The van der Waals surface area contributed by atoms with Crippen LogP contribution >= 0.6 is 11.3 Å². The molecule has 0 fully saturated rings. The largest absolute Gasteiger partial charge is 0.308 e. The first-order valence-electron chi connectivity index (χ1n) is 14.1. The van der Waals surface area contributed by atoms with Crippen LogP contribution in [0.2, 0.25) is 0 Å². The lowest BCUT2D eigenvalue weighted by Crippen LogP contribution is -2.10. The fourth-order valence-electron chi connectivity index (χ4n) is 5.86. The van der Waals surface area contributed by atoms with E-state index in [1.54, 1.807) is 0 Å². The smallest absolute Gasteiger partial charge is 0.0824 e. The minimum atomic E-state index is 1.08. The van der Waals surface area contributed by atoms with E-state index < -0.39 is 0 Å². The number of anilines is 3. The van der Waals surface area contributed by atoms with Crippen LogP contribution in [0.15, 0.2) is 158 Å². The van der Waals surface area contributed by atoms with Gasteiger partial charge in [-0.25, -0.2) is 0 Å². The van der Waals surface area contributed by atoms with E-state index >= 15 is 0 Å². The van der Waals surface area contributed by atoms with Crippen LogP contribution in [0, 0.1) is 0 Å². The second kappa shape index (κ2) is 10.3. The molecule has 0 spiro atoms. The topological polar surface area (TPSA) is 16.1 Å². The molecule has 0 saturated heterocycles. The molecule has 0 atom stereocenters. The molecule has 0 saturated carbocycles. The average Bonchev–Trinajstić information content (AvgIpc) is 3.47. The van der Waals surface area contributed by atoms with E-state index in [1.807, 2.05) is 23.7 Å². The Hall–Kier alpha value is -5.25. The zero-order valence-corrected chi connectivity index (χ0v) is 23.6. The first-order chi connectivity index (χ1) is 20.8. The zero-order chi connectivity index (χ0) is 27.9. The fraction of sp³-hybridized carbons (Fsp3) is 0. The van der Waals surface area contributed by atoms with E-state index in [-0.39, 0.29) is 0 Å². The molecular formula is C39H26N2S. The van der Waals surface area contributed by atoms with E-state index in [4.69, 9.17) is 4.98 Å². The molecule has 0 aliphatic rings. The van der Waals surface area contributed by atoms with E-state index in [1.165, 1.54) is 53.2 Å². The minimum absolute atomic E-state index is 1.08. The molecule has 6 aromatic carbocycles. The maximum absolute atomic E-state index is 4.78. The molecule has 3 heteroatoms. The number of pyridine rings is 1. The summed E-state index contributed by atoms with van der Waals surface area (Å²) in [4.78, 5) is 7.13. The molecule has 8 aromatic rings. The van der Waals surface area contributed by atoms with Gasteiger partial charge in [-0.1, -0.05) is 121 Å². The summed E-state index contributed by atoms with van der Waals surface area (Å²) in [6.45, 7) is 0. The molecule has 2 aromatic heterocycles. The quantitative estimate of drug-likeness (QED) is 0.210. The average molecular weight is 555 g/mol.